The molecule has 1 saturated heterocycles. The van der Waals surface area contributed by atoms with E-state index in [4.69, 9.17) is 21.1 Å². The lowest BCUT2D eigenvalue weighted by molar-refractivity contribution is -0.119. The molecule has 0 unspecified atom stereocenters. The largest absolute Gasteiger partial charge is 0.493 e. The molecule has 0 spiro atoms. The first kappa shape index (κ1) is 21.9. The lowest BCUT2D eigenvalue weighted by Crippen LogP contribution is -2.30. The molecular weight excluding hydrogens is 389 g/mol. The molecule has 154 valence electrons. The number of carbonyl (C=O) groups excluding carboxylic acids is 2. The summed E-state index contributed by atoms with van der Waals surface area (Å²) in [5.41, 5.74) is 2.65. The van der Waals surface area contributed by atoms with Crippen molar-refractivity contribution < 1.29 is 23.5 Å². The summed E-state index contributed by atoms with van der Waals surface area (Å²) in [5, 5.41) is 6.60. The zero-order valence-corrected chi connectivity index (χ0v) is 17.4. The van der Waals surface area contributed by atoms with Crippen molar-refractivity contribution in [2.24, 2.45) is 5.10 Å². The second kappa shape index (κ2) is 8.77. The van der Waals surface area contributed by atoms with Gasteiger partial charge in [-0.05, 0) is 40.7 Å². The van der Waals surface area contributed by atoms with Gasteiger partial charge >= 0.3 is 6.09 Å². The monoisotopic (exact) mass is 413 g/mol. The number of ether oxygens (including phenoxy) is 2. The Hall–Kier alpha value is -2.35. The molecular formula is C19H25ClFN3O4. The van der Waals surface area contributed by atoms with E-state index in [1.54, 1.807) is 34.6 Å². The Morgan fingerprint density at radius 2 is 2.14 bits per heavy atom. The molecule has 28 heavy (non-hydrogen) atoms. The van der Waals surface area contributed by atoms with E-state index in [9.17, 15) is 14.0 Å². The van der Waals surface area contributed by atoms with Crippen LogP contribution in [0.15, 0.2) is 11.2 Å². The van der Waals surface area contributed by atoms with E-state index >= 15 is 0 Å². The molecule has 1 fully saturated rings. The fraction of sp³-hybridized carbons (Fsp3) is 0.526. The summed E-state index contributed by atoms with van der Waals surface area (Å²) in [6.07, 6.45) is -0.577. The summed E-state index contributed by atoms with van der Waals surface area (Å²) >= 11 is 6.10. The number of hydrazone groups is 1. The molecule has 2 amide bonds. The SMILES string of the molecule is CCOc1c(C(C)=NNC(=O)OC(C)(C)C)cc(Cl)c(F)c1[C@@H]1CNC(=O)C1. The van der Waals surface area contributed by atoms with Gasteiger partial charge in [-0.15, -0.1) is 0 Å². The lowest BCUT2D eigenvalue weighted by atomic mass is 9.93. The molecule has 0 aliphatic carbocycles. The minimum atomic E-state index is -0.719. The summed E-state index contributed by atoms with van der Waals surface area (Å²) < 4.78 is 25.7. The van der Waals surface area contributed by atoms with Crippen molar-refractivity contribution in [3.8, 4) is 5.75 Å². The lowest BCUT2D eigenvalue weighted by Gasteiger charge is -2.20. The van der Waals surface area contributed by atoms with E-state index in [2.05, 4.69) is 15.8 Å². The molecule has 1 aromatic rings. The van der Waals surface area contributed by atoms with Crippen molar-refractivity contribution in [3.63, 3.8) is 0 Å². The normalized spacial score (nSPS) is 17.3. The third-order valence-electron chi connectivity index (χ3n) is 3.98. The minimum absolute atomic E-state index is 0.111. The number of halogens is 2. The Kier molecular flexibility index (Phi) is 6.87. The molecule has 0 bridgehead atoms. The molecule has 0 saturated carbocycles. The number of benzene rings is 1. The summed E-state index contributed by atoms with van der Waals surface area (Å²) in [7, 11) is 0. The van der Waals surface area contributed by atoms with Gasteiger partial charge in [0.15, 0.2) is 0 Å². The Bertz CT molecular complexity index is 805. The van der Waals surface area contributed by atoms with Crippen molar-refractivity contribution in [3.05, 3.63) is 28.0 Å². The maximum absolute atomic E-state index is 14.8. The summed E-state index contributed by atoms with van der Waals surface area (Å²) in [5.74, 6) is -0.926. The van der Waals surface area contributed by atoms with Gasteiger partial charge in [-0.25, -0.2) is 14.6 Å². The molecule has 1 aliphatic rings. The van der Waals surface area contributed by atoms with Gasteiger partial charge in [0.25, 0.3) is 0 Å². The van der Waals surface area contributed by atoms with Crippen LogP contribution in [-0.4, -0.2) is 36.5 Å². The number of nitrogens with zero attached hydrogens (tertiary/aromatic N) is 1. The first-order valence-corrected chi connectivity index (χ1v) is 9.36. The molecule has 0 radical (unpaired) electrons. The molecule has 0 aromatic heterocycles. The van der Waals surface area contributed by atoms with Gasteiger partial charge in [0, 0.05) is 30.0 Å². The number of carbonyl (C=O) groups is 2. The predicted molar refractivity (Wildman–Crippen MR) is 105 cm³/mol. The van der Waals surface area contributed by atoms with Crippen molar-refractivity contribution in [1.82, 2.24) is 10.7 Å². The smallest absolute Gasteiger partial charge is 0.428 e. The zero-order chi connectivity index (χ0) is 21.1. The Morgan fingerprint density at radius 3 is 2.68 bits per heavy atom. The van der Waals surface area contributed by atoms with Crippen molar-refractivity contribution >= 4 is 29.3 Å². The molecule has 1 aromatic carbocycles. The molecule has 9 heteroatoms. The van der Waals surface area contributed by atoms with Crippen LogP contribution in [0.3, 0.4) is 0 Å². The number of nitrogens with one attached hydrogen (secondary N) is 2. The van der Waals surface area contributed by atoms with E-state index in [1.807, 2.05) is 0 Å². The van der Waals surface area contributed by atoms with E-state index in [0.717, 1.165) is 0 Å². The van der Waals surface area contributed by atoms with Crippen LogP contribution in [0.1, 0.15) is 58.1 Å². The highest BCUT2D eigenvalue weighted by Crippen LogP contribution is 2.39. The van der Waals surface area contributed by atoms with Gasteiger partial charge in [0.05, 0.1) is 17.3 Å². The number of hydrogen-bond donors (Lipinski definition) is 2. The van der Waals surface area contributed by atoms with Gasteiger partial charge in [-0.2, -0.15) is 5.10 Å². The van der Waals surface area contributed by atoms with Crippen molar-refractivity contribution in [2.45, 2.75) is 52.6 Å². The highest BCUT2D eigenvalue weighted by molar-refractivity contribution is 6.31. The number of amides is 2. The van der Waals surface area contributed by atoms with Crippen LogP contribution in [0.4, 0.5) is 9.18 Å². The standard InChI is InChI=1S/C19H25ClFN3O4/c1-6-27-17-12(10(2)23-24-18(26)28-19(3,4)5)8-13(20)16(21)15(17)11-7-14(25)22-9-11/h8,11H,6-7,9H2,1-5H3,(H,22,25)(H,24,26)/t11-/m0/s1. The summed E-state index contributed by atoms with van der Waals surface area (Å²) in [4.78, 5) is 23.4. The fourth-order valence-electron chi connectivity index (χ4n) is 2.86. The second-order valence-electron chi connectivity index (χ2n) is 7.41. The Balaban J connectivity index is 2.42. The fourth-order valence-corrected chi connectivity index (χ4v) is 3.07. The molecule has 2 rings (SSSR count). The first-order valence-electron chi connectivity index (χ1n) is 8.98. The zero-order valence-electron chi connectivity index (χ0n) is 16.6. The van der Waals surface area contributed by atoms with E-state index in [0.29, 0.717) is 17.8 Å². The second-order valence-corrected chi connectivity index (χ2v) is 7.82. The van der Waals surface area contributed by atoms with Crippen LogP contribution in [0.25, 0.3) is 0 Å². The van der Waals surface area contributed by atoms with Crippen LogP contribution in [0.2, 0.25) is 5.02 Å². The highest BCUT2D eigenvalue weighted by Gasteiger charge is 2.32. The van der Waals surface area contributed by atoms with E-state index in [1.165, 1.54) is 6.07 Å². The van der Waals surface area contributed by atoms with E-state index < -0.39 is 23.4 Å². The molecule has 1 atom stereocenters. The average Bonchev–Trinajstić information content (AvgIpc) is 3.00. The van der Waals surface area contributed by atoms with Crippen LogP contribution >= 0.6 is 11.6 Å². The summed E-state index contributed by atoms with van der Waals surface area (Å²) in [6, 6.07) is 1.39. The van der Waals surface area contributed by atoms with Gasteiger partial charge in [-0.3, -0.25) is 4.79 Å². The topological polar surface area (TPSA) is 89.0 Å². The Labute approximate surface area is 168 Å². The maximum Gasteiger partial charge on any atom is 0.428 e. The van der Waals surface area contributed by atoms with E-state index in [-0.39, 0.29) is 35.3 Å². The van der Waals surface area contributed by atoms with Crippen LogP contribution in [-0.2, 0) is 9.53 Å². The molecule has 7 nitrogen and oxygen atoms in total. The third kappa shape index (κ3) is 5.34. The van der Waals surface area contributed by atoms with Crippen molar-refractivity contribution in [1.29, 1.82) is 0 Å². The number of hydrogen-bond acceptors (Lipinski definition) is 5. The third-order valence-corrected chi connectivity index (χ3v) is 4.26. The van der Waals surface area contributed by atoms with Crippen LogP contribution < -0.4 is 15.5 Å². The van der Waals surface area contributed by atoms with Crippen LogP contribution in [0, 0.1) is 5.82 Å². The molecule has 2 N–H and O–H groups in total. The molecule has 1 heterocycles. The minimum Gasteiger partial charge on any atom is -0.493 e. The summed E-state index contributed by atoms with van der Waals surface area (Å²) in [6.45, 7) is 9.18. The Morgan fingerprint density at radius 1 is 1.46 bits per heavy atom. The highest BCUT2D eigenvalue weighted by atomic mass is 35.5. The quantitative estimate of drug-likeness (QED) is 0.568. The molecule has 1 aliphatic heterocycles. The average molecular weight is 414 g/mol. The number of rotatable bonds is 5. The first-order chi connectivity index (χ1) is 13.0. The maximum atomic E-state index is 14.8. The van der Waals surface area contributed by atoms with Gasteiger partial charge in [-0.1, -0.05) is 11.6 Å². The van der Waals surface area contributed by atoms with Gasteiger partial charge < -0.3 is 14.8 Å². The predicted octanol–water partition coefficient (Wildman–Crippen LogP) is 3.73. The van der Waals surface area contributed by atoms with Crippen LogP contribution in [0.5, 0.6) is 5.75 Å². The van der Waals surface area contributed by atoms with Gasteiger partial charge in [0.2, 0.25) is 5.91 Å². The van der Waals surface area contributed by atoms with Crippen molar-refractivity contribution in [2.75, 3.05) is 13.2 Å². The van der Waals surface area contributed by atoms with Gasteiger partial charge in [0.1, 0.15) is 17.2 Å².